The number of halogens is 4. The Kier molecular flexibility index (Phi) is 6.73. The van der Waals surface area contributed by atoms with Gasteiger partial charge in [0.2, 0.25) is 5.91 Å². The highest BCUT2D eigenvalue weighted by atomic mass is 35.5. The first-order valence-electron chi connectivity index (χ1n) is 10.0. The Labute approximate surface area is 184 Å². The van der Waals surface area contributed by atoms with Gasteiger partial charge in [0.25, 0.3) is 0 Å². The lowest BCUT2D eigenvalue weighted by Crippen LogP contribution is -2.49. The highest BCUT2D eigenvalue weighted by molar-refractivity contribution is 6.32. The van der Waals surface area contributed by atoms with Gasteiger partial charge in [0.1, 0.15) is 12.3 Å². The standard InChI is InChI=1S/C21H26ClF3N4O2/c1-13(2)19-14(3)20(21(23,24)25)26-29(19)12-18(30)28-9-7-27(8-10-28)15-5-6-16(22)17(11-15)31-4/h5-6,11,13H,7-10,12H2,1-4H3. The molecule has 170 valence electrons. The van der Waals surface area contributed by atoms with Crippen LogP contribution in [0.25, 0.3) is 0 Å². The number of anilines is 1. The second-order valence-corrected chi connectivity index (χ2v) is 8.26. The summed E-state index contributed by atoms with van der Waals surface area (Å²) in [5.41, 5.74) is 0.530. The summed E-state index contributed by atoms with van der Waals surface area (Å²) < 4.78 is 46.3. The normalized spacial score (nSPS) is 15.0. The Morgan fingerprint density at radius 3 is 2.42 bits per heavy atom. The molecule has 3 rings (SSSR count). The molecule has 0 N–H and O–H groups in total. The molecule has 6 nitrogen and oxygen atoms in total. The molecule has 31 heavy (non-hydrogen) atoms. The number of carbonyl (C=O) groups is 1. The minimum atomic E-state index is -4.55. The molecule has 0 spiro atoms. The molecule has 1 saturated heterocycles. The van der Waals surface area contributed by atoms with Crippen LogP contribution in [0, 0.1) is 6.92 Å². The maximum absolute atomic E-state index is 13.3. The molecular weight excluding hydrogens is 433 g/mol. The highest BCUT2D eigenvalue weighted by Gasteiger charge is 2.38. The van der Waals surface area contributed by atoms with Gasteiger partial charge in [-0.05, 0) is 25.0 Å². The van der Waals surface area contributed by atoms with Crippen molar-refractivity contribution in [2.24, 2.45) is 0 Å². The van der Waals surface area contributed by atoms with Crippen LogP contribution in [0.3, 0.4) is 0 Å². The molecule has 1 fully saturated rings. The predicted molar refractivity (Wildman–Crippen MR) is 113 cm³/mol. The number of alkyl halides is 3. The van der Waals surface area contributed by atoms with Crippen molar-refractivity contribution >= 4 is 23.2 Å². The molecule has 0 atom stereocenters. The number of carbonyl (C=O) groups excluding carboxylic acids is 1. The lowest BCUT2D eigenvalue weighted by molar-refractivity contribution is -0.142. The molecule has 2 aromatic rings. The van der Waals surface area contributed by atoms with Gasteiger partial charge in [-0.15, -0.1) is 0 Å². The summed E-state index contributed by atoms with van der Waals surface area (Å²) in [5, 5.41) is 4.26. The van der Waals surface area contributed by atoms with Crippen molar-refractivity contribution in [3.8, 4) is 5.75 Å². The van der Waals surface area contributed by atoms with Crippen LogP contribution in [0.4, 0.5) is 18.9 Å². The Morgan fingerprint density at radius 2 is 1.87 bits per heavy atom. The first-order valence-corrected chi connectivity index (χ1v) is 10.4. The summed E-state index contributed by atoms with van der Waals surface area (Å²) in [6, 6.07) is 5.50. The third-order valence-electron chi connectivity index (χ3n) is 5.47. The van der Waals surface area contributed by atoms with Gasteiger partial charge < -0.3 is 14.5 Å². The van der Waals surface area contributed by atoms with Crippen molar-refractivity contribution in [1.82, 2.24) is 14.7 Å². The lowest BCUT2D eigenvalue weighted by Gasteiger charge is -2.36. The SMILES string of the molecule is COc1cc(N2CCN(C(=O)Cn3nc(C(F)(F)F)c(C)c3C(C)C)CC2)ccc1Cl. The monoisotopic (exact) mass is 458 g/mol. The smallest absolute Gasteiger partial charge is 0.435 e. The van der Waals surface area contributed by atoms with Gasteiger partial charge in [-0.25, -0.2) is 0 Å². The van der Waals surface area contributed by atoms with Crippen LogP contribution in [-0.4, -0.2) is 53.9 Å². The average molecular weight is 459 g/mol. The molecule has 2 heterocycles. The average Bonchev–Trinajstić information content (AvgIpc) is 3.05. The number of amides is 1. The van der Waals surface area contributed by atoms with Gasteiger partial charge in [0.05, 0.1) is 12.1 Å². The number of rotatable bonds is 5. The van der Waals surface area contributed by atoms with Gasteiger partial charge in [0.15, 0.2) is 5.69 Å². The topological polar surface area (TPSA) is 50.6 Å². The molecule has 1 amide bonds. The largest absolute Gasteiger partial charge is 0.495 e. The van der Waals surface area contributed by atoms with Crippen LogP contribution in [-0.2, 0) is 17.5 Å². The van der Waals surface area contributed by atoms with E-state index in [4.69, 9.17) is 16.3 Å². The molecular formula is C21H26ClF3N4O2. The van der Waals surface area contributed by atoms with E-state index < -0.39 is 11.9 Å². The molecule has 0 saturated carbocycles. The fourth-order valence-electron chi connectivity index (χ4n) is 3.97. The summed E-state index contributed by atoms with van der Waals surface area (Å²) in [5.74, 6) is 0.146. The predicted octanol–water partition coefficient (Wildman–Crippen LogP) is 4.34. The first kappa shape index (κ1) is 23.2. The first-order chi connectivity index (χ1) is 14.5. The van der Waals surface area contributed by atoms with Crippen LogP contribution < -0.4 is 9.64 Å². The van der Waals surface area contributed by atoms with Crippen molar-refractivity contribution in [2.45, 2.75) is 39.4 Å². The molecule has 0 aliphatic carbocycles. The number of ether oxygens (including phenoxy) is 1. The molecule has 0 bridgehead atoms. The molecule has 1 aliphatic heterocycles. The fraction of sp³-hybridized carbons (Fsp3) is 0.524. The zero-order valence-corrected chi connectivity index (χ0v) is 18.7. The molecule has 1 aromatic heterocycles. The van der Waals surface area contributed by atoms with Crippen LogP contribution in [0.2, 0.25) is 5.02 Å². The van der Waals surface area contributed by atoms with Crippen LogP contribution in [0.1, 0.15) is 36.7 Å². The second-order valence-electron chi connectivity index (χ2n) is 7.86. The van der Waals surface area contributed by atoms with Crippen LogP contribution >= 0.6 is 11.6 Å². The highest BCUT2D eigenvalue weighted by Crippen LogP contribution is 2.34. The van der Waals surface area contributed by atoms with E-state index in [0.717, 1.165) is 5.69 Å². The maximum atomic E-state index is 13.3. The van der Waals surface area contributed by atoms with Crippen molar-refractivity contribution in [1.29, 1.82) is 0 Å². The number of nitrogens with zero attached hydrogens (tertiary/aromatic N) is 4. The third-order valence-corrected chi connectivity index (χ3v) is 5.78. The van der Waals surface area contributed by atoms with Crippen LogP contribution in [0.5, 0.6) is 5.75 Å². The minimum Gasteiger partial charge on any atom is -0.495 e. The Morgan fingerprint density at radius 1 is 1.23 bits per heavy atom. The summed E-state index contributed by atoms with van der Waals surface area (Å²) in [4.78, 5) is 16.6. The number of benzene rings is 1. The van der Waals surface area contributed by atoms with Crippen molar-refractivity contribution in [3.63, 3.8) is 0 Å². The van der Waals surface area contributed by atoms with Gasteiger partial charge in [-0.2, -0.15) is 18.3 Å². The molecule has 0 radical (unpaired) electrons. The number of piperazine rings is 1. The Hall–Kier alpha value is -2.42. The van der Waals surface area contributed by atoms with E-state index in [-0.39, 0.29) is 23.9 Å². The number of hydrogen-bond donors (Lipinski definition) is 0. The van der Waals surface area contributed by atoms with E-state index in [0.29, 0.717) is 42.6 Å². The molecule has 1 aliphatic rings. The van der Waals surface area contributed by atoms with Crippen LogP contribution in [0.15, 0.2) is 18.2 Å². The van der Waals surface area contributed by atoms with E-state index >= 15 is 0 Å². The van der Waals surface area contributed by atoms with E-state index in [1.54, 1.807) is 31.9 Å². The number of aromatic nitrogens is 2. The fourth-order valence-corrected chi connectivity index (χ4v) is 4.17. The third kappa shape index (κ3) is 4.92. The molecule has 0 unspecified atom stereocenters. The molecule has 1 aromatic carbocycles. The van der Waals surface area contributed by atoms with Crippen molar-refractivity contribution < 1.29 is 22.7 Å². The van der Waals surface area contributed by atoms with Gasteiger partial charge in [-0.3, -0.25) is 9.48 Å². The number of methoxy groups -OCH3 is 1. The second kappa shape index (κ2) is 8.98. The summed E-state index contributed by atoms with van der Waals surface area (Å²) >= 11 is 6.08. The Balaban J connectivity index is 1.69. The zero-order valence-electron chi connectivity index (χ0n) is 18.0. The lowest BCUT2D eigenvalue weighted by atomic mass is 10.0. The number of hydrogen-bond acceptors (Lipinski definition) is 4. The molecule has 10 heteroatoms. The van der Waals surface area contributed by atoms with Gasteiger partial charge >= 0.3 is 6.18 Å². The Bertz CT molecular complexity index is 951. The van der Waals surface area contributed by atoms with Gasteiger partial charge in [0, 0.05) is 49.2 Å². The van der Waals surface area contributed by atoms with E-state index in [1.165, 1.54) is 11.6 Å². The van der Waals surface area contributed by atoms with E-state index in [1.807, 2.05) is 12.1 Å². The van der Waals surface area contributed by atoms with E-state index in [2.05, 4.69) is 10.00 Å². The van der Waals surface area contributed by atoms with Crippen molar-refractivity contribution in [2.75, 3.05) is 38.2 Å². The van der Waals surface area contributed by atoms with E-state index in [9.17, 15) is 18.0 Å². The zero-order chi connectivity index (χ0) is 22.9. The summed E-state index contributed by atoms with van der Waals surface area (Å²) in [7, 11) is 1.55. The van der Waals surface area contributed by atoms with Gasteiger partial charge in [-0.1, -0.05) is 25.4 Å². The summed E-state index contributed by atoms with van der Waals surface area (Å²) in [6.07, 6.45) is -4.55. The summed E-state index contributed by atoms with van der Waals surface area (Å²) in [6.45, 7) is 6.92. The van der Waals surface area contributed by atoms with Crippen molar-refractivity contribution in [3.05, 3.63) is 40.2 Å². The quantitative estimate of drug-likeness (QED) is 0.668. The minimum absolute atomic E-state index is 0.0804. The maximum Gasteiger partial charge on any atom is 0.435 e.